The third kappa shape index (κ3) is 2.36. The highest BCUT2D eigenvalue weighted by Crippen LogP contribution is 2.33. The molecule has 8 nitrogen and oxygen atoms in total. The van der Waals surface area contributed by atoms with Crippen LogP contribution in [-0.4, -0.2) is 20.7 Å². The Labute approximate surface area is 94.8 Å². The van der Waals surface area contributed by atoms with Gasteiger partial charge in [-0.3, -0.25) is 25.0 Å². The number of benzene rings is 1. The zero-order valence-electron chi connectivity index (χ0n) is 8.74. The van der Waals surface area contributed by atoms with Crippen LogP contribution >= 0.6 is 0 Å². The van der Waals surface area contributed by atoms with Crippen LogP contribution in [0.3, 0.4) is 0 Å². The minimum Gasteiger partial charge on any atom is -0.502 e. The summed E-state index contributed by atoms with van der Waals surface area (Å²) in [5.41, 5.74) is -1.81. The van der Waals surface area contributed by atoms with Crippen LogP contribution in [0.1, 0.15) is 23.7 Å². The fourth-order valence-corrected chi connectivity index (χ4v) is 1.28. The number of phenolic OH excluding ortho intramolecular Hbond substituents is 1. The van der Waals surface area contributed by atoms with Crippen LogP contribution < -0.4 is 0 Å². The number of nitro benzene ring substituents is 2. The maximum atomic E-state index is 11.4. The SMILES string of the molecule is CCC(=O)c1cc(O)c([N+](=O)[O-])cc1[N+](=O)[O-]. The zero-order valence-corrected chi connectivity index (χ0v) is 8.74. The molecule has 0 aliphatic rings. The molecule has 17 heavy (non-hydrogen) atoms. The average Bonchev–Trinajstić information content (AvgIpc) is 2.26. The molecule has 0 amide bonds. The smallest absolute Gasteiger partial charge is 0.317 e. The normalized spacial score (nSPS) is 9.94. The molecular weight excluding hydrogens is 232 g/mol. The number of carbonyl (C=O) groups excluding carboxylic acids is 1. The summed E-state index contributed by atoms with van der Waals surface area (Å²) in [5.74, 6) is -1.33. The molecule has 90 valence electrons. The van der Waals surface area contributed by atoms with Crippen molar-refractivity contribution in [1.29, 1.82) is 0 Å². The number of Topliss-reactive ketones (excluding diaryl/α,β-unsaturated/α-hetero) is 1. The van der Waals surface area contributed by atoms with E-state index in [1.165, 1.54) is 6.92 Å². The number of nitrogens with zero attached hydrogens (tertiary/aromatic N) is 2. The van der Waals surface area contributed by atoms with Gasteiger partial charge in [0.2, 0.25) is 0 Å². The summed E-state index contributed by atoms with van der Waals surface area (Å²) >= 11 is 0. The van der Waals surface area contributed by atoms with E-state index in [4.69, 9.17) is 0 Å². The van der Waals surface area contributed by atoms with Crippen LogP contribution in [0.4, 0.5) is 11.4 Å². The highest BCUT2D eigenvalue weighted by molar-refractivity contribution is 6.00. The summed E-state index contributed by atoms with van der Waals surface area (Å²) in [6.07, 6.45) is -0.00189. The van der Waals surface area contributed by atoms with E-state index in [9.17, 15) is 30.1 Å². The van der Waals surface area contributed by atoms with Crippen LogP contribution in [0.25, 0.3) is 0 Å². The molecule has 0 radical (unpaired) electrons. The van der Waals surface area contributed by atoms with Gasteiger partial charge in [0.05, 0.1) is 21.5 Å². The van der Waals surface area contributed by atoms with Crippen molar-refractivity contribution in [2.75, 3.05) is 0 Å². The highest BCUT2D eigenvalue weighted by Gasteiger charge is 2.26. The van der Waals surface area contributed by atoms with Crippen LogP contribution in [0.5, 0.6) is 5.75 Å². The Kier molecular flexibility index (Phi) is 3.37. The summed E-state index contributed by atoms with van der Waals surface area (Å²) in [6.45, 7) is 1.49. The second kappa shape index (κ2) is 4.56. The van der Waals surface area contributed by atoms with Crippen molar-refractivity contribution in [3.05, 3.63) is 37.9 Å². The molecule has 0 fully saturated rings. The first kappa shape index (κ1) is 12.6. The number of hydrogen-bond donors (Lipinski definition) is 1. The molecule has 0 saturated heterocycles. The Morgan fingerprint density at radius 2 is 1.76 bits per heavy atom. The quantitative estimate of drug-likeness (QED) is 0.486. The van der Waals surface area contributed by atoms with Crippen LogP contribution in [0.2, 0.25) is 0 Å². The molecule has 0 saturated carbocycles. The minimum atomic E-state index is -0.956. The van der Waals surface area contributed by atoms with Crippen LogP contribution in [-0.2, 0) is 0 Å². The molecule has 1 aromatic carbocycles. The molecule has 0 bridgehead atoms. The van der Waals surface area contributed by atoms with Gasteiger partial charge in [-0.1, -0.05) is 6.92 Å². The van der Waals surface area contributed by atoms with Gasteiger partial charge in [0.15, 0.2) is 11.5 Å². The van der Waals surface area contributed by atoms with Gasteiger partial charge in [0.1, 0.15) is 0 Å². The van der Waals surface area contributed by atoms with E-state index >= 15 is 0 Å². The van der Waals surface area contributed by atoms with Gasteiger partial charge in [-0.25, -0.2) is 0 Å². The van der Waals surface area contributed by atoms with E-state index in [-0.39, 0.29) is 12.0 Å². The average molecular weight is 240 g/mol. The zero-order chi connectivity index (χ0) is 13.2. The fourth-order valence-electron chi connectivity index (χ4n) is 1.28. The lowest BCUT2D eigenvalue weighted by molar-refractivity contribution is -0.394. The third-order valence-corrected chi connectivity index (χ3v) is 2.11. The van der Waals surface area contributed by atoms with Gasteiger partial charge in [-0.15, -0.1) is 0 Å². The lowest BCUT2D eigenvalue weighted by Gasteiger charge is -2.02. The predicted octanol–water partition coefficient (Wildman–Crippen LogP) is 1.80. The van der Waals surface area contributed by atoms with E-state index < -0.39 is 32.8 Å². The largest absolute Gasteiger partial charge is 0.502 e. The summed E-state index contributed by atoms with van der Waals surface area (Å²) in [7, 11) is 0. The van der Waals surface area contributed by atoms with Gasteiger partial charge in [-0.05, 0) is 0 Å². The van der Waals surface area contributed by atoms with Gasteiger partial charge >= 0.3 is 5.69 Å². The standard InChI is InChI=1S/C9H8N2O6/c1-2-8(12)5-3-9(13)7(11(16)17)4-6(5)10(14)15/h3-4,13H,2H2,1H3. The molecule has 0 spiro atoms. The Hall–Kier alpha value is -2.51. The Morgan fingerprint density at radius 3 is 2.18 bits per heavy atom. The third-order valence-electron chi connectivity index (χ3n) is 2.11. The molecule has 1 N–H and O–H groups in total. The van der Waals surface area contributed by atoms with E-state index in [0.29, 0.717) is 6.07 Å². The van der Waals surface area contributed by atoms with Crippen molar-refractivity contribution >= 4 is 17.2 Å². The molecule has 0 aromatic heterocycles. The van der Waals surface area contributed by atoms with Crippen LogP contribution in [0.15, 0.2) is 12.1 Å². The topological polar surface area (TPSA) is 124 Å². The minimum absolute atomic E-state index is 0.00189. The molecule has 8 heteroatoms. The monoisotopic (exact) mass is 240 g/mol. The van der Waals surface area contributed by atoms with Gasteiger partial charge < -0.3 is 5.11 Å². The van der Waals surface area contributed by atoms with Crippen molar-refractivity contribution < 1.29 is 19.7 Å². The molecule has 1 aromatic rings. The predicted molar refractivity (Wildman–Crippen MR) is 56.0 cm³/mol. The molecular formula is C9H8N2O6. The first-order chi connectivity index (χ1) is 7.88. The maximum Gasteiger partial charge on any atom is 0.317 e. The summed E-state index contributed by atoms with van der Waals surface area (Å²) in [5, 5.41) is 30.5. The van der Waals surface area contributed by atoms with Crippen molar-refractivity contribution in [2.24, 2.45) is 0 Å². The second-order valence-corrected chi connectivity index (χ2v) is 3.15. The first-order valence-electron chi connectivity index (χ1n) is 4.57. The van der Waals surface area contributed by atoms with Crippen molar-refractivity contribution in [3.63, 3.8) is 0 Å². The summed E-state index contributed by atoms with van der Waals surface area (Å²) in [6, 6.07) is 1.33. The van der Waals surface area contributed by atoms with E-state index in [1.54, 1.807) is 0 Å². The number of hydrogen-bond acceptors (Lipinski definition) is 6. The van der Waals surface area contributed by atoms with Gasteiger partial charge in [0, 0.05) is 12.5 Å². The van der Waals surface area contributed by atoms with E-state index in [0.717, 1.165) is 6.07 Å². The van der Waals surface area contributed by atoms with Crippen LogP contribution in [0, 0.1) is 20.2 Å². The molecule has 1 rings (SSSR count). The summed E-state index contributed by atoms with van der Waals surface area (Å²) in [4.78, 5) is 30.7. The van der Waals surface area contributed by atoms with Crippen molar-refractivity contribution in [3.8, 4) is 5.75 Å². The Balaban J connectivity index is 3.52. The number of nitro groups is 2. The molecule has 0 aliphatic heterocycles. The van der Waals surface area contributed by atoms with Crippen molar-refractivity contribution in [2.45, 2.75) is 13.3 Å². The number of rotatable bonds is 4. The number of aromatic hydroxyl groups is 1. The second-order valence-electron chi connectivity index (χ2n) is 3.15. The number of ketones is 1. The van der Waals surface area contributed by atoms with Gasteiger partial charge in [-0.2, -0.15) is 0 Å². The number of carbonyl (C=O) groups is 1. The van der Waals surface area contributed by atoms with E-state index in [2.05, 4.69) is 0 Å². The van der Waals surface area contributed by atoms with E-state index in [1.807, 2.05) is 0 Å². The Morgan fingerprint density at radius 1 is 1.24 bits per heavy atom. The molecule has 0 heterocycles. The fraction of sp³-hybridized carbons (Fsp3) is 0.222. The maximum absolute atomic E-state index is 11.4. The van der Waals surface area contributed by atoms with Gasteiger partial charge in [0.25, 0.3) is 5.69 Å². The molecule has 0 atom stereocenters. The summed E-state index contributed by atoms with van der Waals surface area (Å²) < 4.78 is 0. The van der Waals surface area contributed by atoms with Crippen molar-refractivity contribution in [1.82, 2.24) is 0 Å². The Bertz CT molecular complexity index is 510. The molecule has 0 aliphatic carbocycles. The first-order valence-corrected chi connectivity index (χ1v) is 4.57. The molecule has 0 unspecified atom stereocenters. The number of phenols is 1. The lowest BCUT2D eigenvalue weighted by atomic mass is 10.1. The highest BCUT2D eigenvalue weighted by atomic mass is 16.6. The lowest BCUT2D eigenvalue weighted by Crippen LogP contribution is -2.04.